The number of furan rings is 1. The number of benzene rings is 1. The lowest BCUT2D eigenvalue weighted by molar-refractivity contribution is 0.100. The summed E-state index contributed by atoms with van der Waals surface area (Å²) in [6.45, 7) is 1.96. The number of rotatable bonds is 5. The second-order valence-electron chi connectivity index (χ2n) is 6.22. The molecule has 3 rings (SSSR count). The summed E-state index contributed by atoms with van der Waals surface area (Å²) in [5.41, 5.74) is 8.44. The molecule has 27 heavy (non-hydrogen) atoms. The number of carbonyl (C=O) groups is 1. The number of amides is 1. The molecule has 0 bridgehead atoms. The van der Waals surface area contributed by atoms with E-state index in [2.05, 4.69) is 27.6 Å². The number of pyridine rings is 1. The molecule has 0 aliphatic carbocycles. The largest absolute Gasteiger partial charge is 0.437 e. The van der Waals surface area contributed by atoms with Gasteiger partial charge in [0.1, 0.15) is 11.6 Å². The van der Waals surface area contributed by atoms with E-state index in [0.29, 0.717) is 26.7 Å². The van der Waals surface area contributed by atoms with Crippen LogP contribution in [0.15, 0.2) is 34.7 Å². The molecule has 0 saturated heterocycles. The molecule has 1 amide bonds. The Labute approximate surface area is 170 Å². The number of halogens is 1. The molecule has 0 fully saturated rings. The van der Waals surface area contributed by atoms with Gasteiger partial charge in [-0.15, -0.1) is 0 Å². The first-order valence-electron chi connectivity index (χ1n) is 7.96. The van der Waals surface area contributed by atoms with E-state index in [1.807, 2.05) is 31.2 Å². The van der Waals surface area contributed by atoms with Crippen LogP contribution >= 0.6 is 22.6 Å². The van der Waals surface area contributed by atoms with E-state index >= 15 is 0 Å². The molecule has 0 radical (unpaired) electrons. The van der Waals surface area contributed by atoms with E-state index in [4.69, 9.17) is 10.2 Å². The minimum absolute atomic E-state index is 0.165. The van der Waals surface area contributed by atoms with Gasteiger partial charge in [0.2, 0.25) is 15.7 Å². The Kier molecular flexibility index (Phi) is 5.17. The van der Waals surface area contributed by atoms with E-state index < -0.39 is 15.9 Å². The number of hydrogen-bond acceptors (Lipinski definition) is 5. The lowest BCUT2D eigenvalue weighted by Gasteiger charge is -2.18. The van der Waals surface area contributed by atoms with Gasteiger partial charge in [-0.25, -0.2) is 8.42 Å². The smallest absolute Gasteiger partial charge is 0.253 e. The van der Waals surface area contributed by atoms with Crippen LogP contribution < -0.4 is 10.0 Å². The lowest BCUT2D eigenvalue weighted by atomic mass is 10.0. The van der Waals surface area contributed by atoms with Crippen molar-refractivity contribution >= 4 is 55.4 Å². The average Bonchev–Trinajstić information content (AvgIpc) is 2.98. The van der Waals surface area contributed by atoms with Crippen molar-refractivity contribution < 1.29 is 17.6 Å². The topological polar surface area (TPSA) is 106 Å². The Bertz CT molecular complexity index is 1140. The minimum atomic E-state index is -3.50. The van der Waals surface area contributed by atoms with E-state index in [1.54, 1.807) is 6.07 Å². The number of anilines is 1. The Hall–Kier alpha value is -2.14. The second-order valence-corrected chi connectivity index (χ2v) is 9.00. The molecule has 2 aromatic heterocycles. The first-order chi connectivity index (χ1) is 12.6. The van der Waals surface area contributed by atoms with Gasteiger partial charge in [0.25, 0.3) is 5.91 Å². The van der Waals surface area contributed by atoms with Gasteiger partial charge in [-0.1, -0.05) is 52.4 Å². The van der Waals surface area contributed by atoms with Crippen molar-refractivity contribution in [1.82, 2.24) is 4.98 Å². The first kappa shape index (κ1) is 19.6. The summed E-state index contributed by atoms with van der Waals surface area (Å²) in [5.74, 6) is -0.0436. The molecule has 7 nitrogen and oxygen atoms in total. The van der Waals surface area contributed by atoms with Crippen LogP contribution in [0.4, 0.5) is 5.82 Å². The lowest BCUT2D eigenvalue weighted by Crippen LogP contribution is -2.26. The summed E-state index contributed by atoms with van der Waals surface area (Å²) in [5, 5.41) is 0.468. The number of aromatic nitrogens is 1. The van der Waals surface area contributed by atoms with Crippen molar-refractivity contribution in [2.24, 2.45) is 5.73 Å². The number of fused-ring (bicyclic) bond motifs is 1. The van der Waals surface area contributed by atoms with Crippen LogP contribution in [0.2, 0.25) is 0 Å². The van der Waals surface area contributed by atoms with Gasteiger partial charge in [0.05, 0.1) is 17.2 Å². The highest BCUT2D eigenvalue weighted by atomic mass is 127. The zero-order chi connectivity index (χ0) is 19.9. The number of primary amides is 1. The molecule has 0 spiro atoms. The average molecular weight is 499 g/mol. The van der Waals surface area contributed by atoms with E-state index in [0.717, 1.165) is 16.1 Å². The molecule has 0 aliphatic rings. The fourth-order valence-electron chi connectivity index (χ4n) is 2.74. The molecule has 0 saturated carbocycles. The van der Waals surface area contributed by atoms with Crippen molar-refractivity contribution in [3.63, 3.8) is 0 Å². The highest BCUT2D eigenvalue weighted by molar-refractivity contribution is 14.1. The van der Waals surface area contributed by atoms with Crippen LogP contribution in [0.1, 0.15) is 21.5 Å². The SMILES string of the molecule is Cc1ccc(-c2oc3nc(N(C)S(C)(=O)=O)c(CI)cc3c2C(N)=O)cc1. The third kappa shape index (κ3) is 3.65. The maximum absolute atomic E-state index is 12.1. The molecule has 3 aromatic rings. The zero-order valence-electron chi connectivity index (χ0n) is 15.0. The Morgan fingerprint density at radius 2 is 1.93 bits per heavy atom. The van der Waals surface area contributed by atoms with E-state index in [-0.39, 0.29) is 17.1 Å². The Morgan fingerprint density at radius 3 is 2.44 bits per heavy atom. The van der Waals surface area contributed by atoms with Crippen LogP contribution in [0.25, 0.3) is 22.4 Å². The monoisotopic (exact) mass is 499 g/mol. The quantitative estimate of drug-likeness (QED) is 0.429. The van der Waals surface area contributed by atoms with Crippen molar-refractivity contribution in [1.29, 1.82) is 0 Å². The summed E-state index contributed by atoms with van der Waals surface area (Å²) in [4.78, 5) is 16.5. The maximum atomic E-state index is 12.1. The fourth-order valence-corrected chi connectivity index (χ4v) is 3.77. The summed E-state index contributed by atoms with van der Waals surface area (Å²) in [6, 6.07) is 9.19. The van der Waals surface area contributed by atoms with Crippen molar-refractivity contribution in [3.05, 3.63) is 47.0 Å². The molecule has 2 heterocycles. The molecular weight excluding hydrogens is 481 g/mol. The van der Waals surface area contributed by atoms with Gasteiger partial charge in [-0.2, -0.15) is 4.98 Å². The van der Waals surface area contributed by atoms with E-state index in [9.17, 15) is 13.2 Å². The number of aryl methyl sites for hydroxylation is 1. The maximum Gasteiger partial charge on any atom is 0.253 e. The molecule has 0 unspecified atom stereocenters. The first-order valence-corrected chi connectivity index (χ1v) is 11.3. The highest BCUT2D eigenvalue weighted by Crippen LogP contribution is 2.36. The zero-order valence-corrected chi connectivity index (χ0v) is 18.0. The van der Waals surface area contributed by atoms with Crippen LogP contribution in [0.3, 0.4) is 0 Å². The summed E-state index contributed by atoms with van der Waals surface area (Å²) in [6.07, 6.45) is 1.10. The Morgan fingerprint density at radius 1 is 1.30 bits per heavy atom. The van der Waals surface area contributed by atoms with Gasteiger partial charge >= 0.3 is 0 Å². The minimum Gasteiger partial charge on any atom is -0.437 e. The van der Waals surface area contributed by atoms with Gasteiger partial charge in [0.15, 0.2) is 0 Å². The fraction of sp³-hybridized carbons (Fsp3) is 0.222. The number of nitrogens with two attached hydrogens (primary N) is 1. The molecule has 0 atom stereocenters. The summed E-state index contributed by atoms with van der Waals surface area (Å²) < 4.78 is 31.3. The Balaban J connectivity index is 2.32. The number of nitrogens with zero attached hydrogens (tertiary/aromatic N) is 2. The van der Waals surface area contributed by atoms with Crippen LogP contribution in [0.5, 0.6) is 0 Å². The summed E-state index contributed by atoms with van der Waals surface area (Å²) >= 11 is 2.12. The molecule has 0 aliphatic heterocycles. The van der Waals surface area contributed by atoms with Crippen molar-refractivity contribution in [2.75, 3.05) is 17.6 Å². The third-order valence-corrected chi connectivity index (χ3v) is 6.23. The van der Waals surface area contributed by atoms with Crippen LogP contribution in [0, 0.1) is 6.92 Å². The highest BCUT2D eigenvalue weighted by Gasteiger charge is 2.25. The predicted molar refractivity (Wildman–Crippen MR) is 114 cm³/mol. The standard InChI is InChI=1S/C18H18IN3O4S/c1-10-4-6-11(7-5-10)15-14(16(20)23)13-8-12(9-19)17(21-18(13)26-15)22(2)27(3,24)25/h4-8H,9H2,1-3H3,(H2,20,23). The van der Waals surface area contributed by atoms with Gasteiger partial charge in [-0.05, 0) is 13.0 Å². The second kappa shape index (κ2) is 7.12. The summed E-state index contributed by atoms with van der Waals surface area (Å²) in [7, 11) is -2.07. The number of hydrogen-bond donors (Lipinski definition) is 1. The van der Waals surface area contributed by atoms with E-state index in [1.165, 1.54) is 7.05 Å². The molecular formula is C18H18IN3O4S. The third-order valence-electron chi connectivity index (χ3n) is 4.24. The van der Waals surface area contributed by atoms with Crippen LogP contribution in [-0.2, 0) is 14.5 Å². The van der Waals surface area contributed by atoms with Crippen molar-refractivity contribution in [3.8, 4) is 11.3 Å². The van der Waals surface area contributed by atoms with Gasteiger partial charge in [0, 0.05) is 22.6 Å². The number of sulfonamides is 1. The van der Waals surface area contributed by atoms with Gasteiger partial charge in [-0.3, -0.25) is 9.10 Å². The molecule has 142 valence electrons. The predicted octanol–water partition coefficient (Wildman–Crippen LogP) is 3.23. The van der Waals surface area contributed by atoms with Gasteiger partial charge < -0.3 is 10.2 Å². The molecule has 9 heteroatoms. The molecule has 2 N–H and O–H groups in total. The van der Waals surface area contributed by atoms with Crippen LogP contribution in [-0.4, -0.2) is 32.6 Å². The number of alkyl halides is 1. The van der Waals surface area contributed by atoms with Crippen molar-refractivity contribution in [2.45, 2.75) is 11.4 Å². The number of carbonyl (C=O) groups excluding carboxylic acids is 1. The normalized spacial score (nSPS) is 11.7. The molecule has 1 aromatic carbocycles.